The van der Waals surface area contributed by atoms with Gasteiger partial charge in [-0.15, -0.1) is 0 Å². The molecule has 2 aromatic heterocycles. The van der Waals surface area contributed by atoms with Gasteiger partial charge in [-0.05, 0) is 11.6 Å². The molecular formula is C17H23N7O. The predicted molar refractivity (Wildman–Crippen MR) is 94.4 cm³/mol. The van der Waals surface area contributed by atoms with Crippen LogP contribution >= 0.6 is 0 Å². The summed E-state index contributed by atoms with van der Waals surface area (Å²) in [6, 6.07) is 4.14. The van der Waals surface area contributed by atoms with Crippen molar-refractivity contribution in [3.63, 3.8) is 0 Å². The number of aromatic nitrogens is 4. The Morgan fingerprint density at radius 1 is 1.12 bits per heavy atom. The SMILES string of the molecule is Cn1ncc(CN2CC(N3CCN(c4ncccn4)CC3)C2)cc1=O. The quantitative estimate of drug-likeness (QED) is 0.748. The lowest BCUT2D eigenvalue weighted by Gasteiger charge is -2.48. The Morgan fingerprint density at radius 3 is 2.52 bits per heavy atom. The zero-order valence-corrected chi connectivity index (χ0v) is 14.5. The molecule has 4 rings (SSSR count). The molecule has 0 atom stereocenters. The first-order valence-electron chi connectivity index (χ1n) is 8.69. The zero-order valence-electron chi connectivity index (χ0n) is 14.5. The van der Waals surface area contributed by atoms with E-state index >= 15 is 0 Å². The zero-order chi connectivity index (χ0) is 17.2. The maximum atomic E-state index is 11.6. The number of hydrogen-bond acceptors (Lipinski definition) is 7. The second-order valence-corrected chi connectivity index (χ2v) is 6.75. The highest BCUT2D eigenvalue weighted by molar-refractivity contribution is 5.29. The maximum absolute atomic E-state index is 11.6. The Morgan fingerprint density at radius 2 is 1.84 bits per heavy atom. The summed E-state index contributed by atoms with van der Waals surface area (Å²) in [5, 5.41) is 4.09. The summed E-state index contributed by atoms with van der Waals surface area (Å²) in [5.74, 6) is 0.829. The van der Waals surface area contributed by atoms with Gasteiger partial charge in [0.15, 0.2) is 0 Å². The standard InChI is InChI=1S/C17H23N7O/c1-21-16(25)9-14(10-20-21)11-22-12-15(13-22)23-5-7-24(8-6-23)17-18-3-2-4-19-17/h2-4,9-10,15H,5-8,11-13H2,1H3. The predicted octanol–water partition coefficient (Wildman–Crippen LogP) is -0.423. The fourth-order valence-electron chi connectivity index (χ4n) is 3.50. The molecule has 2 fully saturated rings. The van der Waals surface area contributed by atoms with Gasteiger partial charge in [0.25, 0.3) is 5.56 Å². The van der Waals surface area contributed by atoms with Gasteiger partial charge in [0.1, 0.15) is 0 Å². The van der Waals surface area contributed by atoms with Gasteiger partial charge < -0.3 is 4.90 Å². The number of anilines is 1. The van der Waals surface area contributed by atoms with E-state index in [1.165, 1.54) is 4.68 Å². The molecule has 132 valence electrons. The summed E-state index contributed by atoms with van der Waals surface area (Å²) >= 11 is 0. The summed E-state index contributed by atoms with van der Waals surface area (Å²) < 4.78 is 1.36. The van der Waals surface area contributed by atoms with Gasteiger partial charge in [-0.3, -0.25) is 14.6 Å². The molecule has 0 saturated carbocycles. The molecule has 0 bridgehead atoms. The number of hydrogen-bond donors (Lipinski definition) is 0. The van der Waals surface area contributed by atoms with Crippen molar-refractivity contribution in [1.82, 2.24) is 29.5 Å². The highest BCUT2D eigenvalue weighted by Crippen LogP contribution is 2.20. The van der Waals surface area contributed by atoms with Gasteiger partial charge >= 0.3 is 0 Å². The molecule has 2 aliphatic rings. The van der Waals surface area contributed by atoms with Gasteiger partial charge in [-0.1, -0.05) is 0 Å². The molecule has 2 saturated heterocycles. The fraction of sp³-hybridized carbons (Fsp3) is 0.529. The van der Waals surface area contributed by atoms with Crippen LogP contribution in [0.15, 0.2) is 35.5 Å². The number of piperazine rings is 1. The van der Waals surface area contributed by atoms with Crippen molar-refractivity contribution in [3.05, 3.63) is 46.6 Å². The van der Waals surface area contributed by atoms with Gasteiger partial charge in [0.05, 0.1) is 6.20 Å². The minimum atomic E-state index is -0.0474. The van der Waals surface area contributed by atoms with E-state index in [4.69, 9.17) is 0 Å². The van der Waals surface area contributed by atoms with Crippen LogP contribution in [0.25, 0.3) is 0 Å². The molecule has 0 unspecified atom stereocenters. The van der Waals surface area contributed by atoms with Crippen LogP contribution in [0.3, 0.4) is 0 Å². The molecule has 2 aromatic rings. The van der Waals surface area contributed by atoms with Crippen LogP contribution in [-0.2, 0) is 13.6 Å². The second-order valence-electron chi connectivity index (χ2n) is 6.75. The highest BCUT2D eigenvalue weighted by atomic mass is 16.1. The van der Waals surface area contributed by atoms with Gasteiger partial charge in [-0.25, -0.2) is 14.6 Å². The van der Waals surface area contributed by atoms with Crippen LogP contribution in [-0.4, -0.2) is 74.9 Å². The van der Waals surface area contributed by atoms with Crippen molar-refractivity contribution in [2.45, 2.75) is 12.6 Å². The fourth-order valence-corrected chi connectivity index (χ4v) is 3.50. The second kappa shape index (κ2) is 6.89. The first kappa shape index (κ1) is 16.2. The normalized spacial score (nSPS) is 19.8. The molecule has 4 heterocycles. The summed E-state index contributed by atoms with van der Waals surface area (Å²) in [7, 11) is 1.67. The third-order valence-electron chi connectivity index (χ3n) is 5.03. The Bertz CT molecular complexity index is 764. The molecule has 0 radical (unpaired) electrons. The molecular weight excluding hydrogens is 318 g/mol. The topological polar surface area (TPSA) is 70.4 Å². The van der Waals surface area contributed by atoms with Crippen LogP contribution in [0.4, 0.5) is 5.95 Å². The monoisotopic (exact) mass is 341 g/mol. The van der Waals surface area contributed by atoms with Crippen molar-refractivity contribution < 1.29 is 0 Å². The molecule has 2 aliphatic heterocycles. The third kappa shape index (κ3) is 3.54. The summed E-state index contributed by atoms with van der Waals surface area (Å²) in [4.78, 5) is 27.5. The summed E-state index contributed by atoms with van der Waals surface area (Å²) in [6.45, 7) is 6.94. The maximum Gasteiger partial charge on any atom is 0.266 e. The van der Waals surface area contributed by atoms with E-state index in [1.807, 2.05) is 6.07 Å². The van der Waals surface area contributed by atoms with Crippen LogP contribution in [0, 0.1) is 0 Å². The molecule has 0 aliphatic carbocycles. The van der Waals surface area contributed by atoms with Gasteiger partial charge in [0.2, 0.25) is 5.95 Å². The largest absolute Gasteiger partial charge is 0.338 e. The number of aryl methyl sites for hydroxylation is 1. The highest BCUT2D eigenvalue weighted by Gasteiger charge is 2.33. The van der Waals surface area contributed by atoms with E-state index < -0.39 is 0 Å². The minimum absolute atomic E-state index is 0.0474. The number of likely N-dealkylation sites (tertiary alicyclic amines) is 1. The van der Waals surface area contributed by atoms with Crippen LogP contribution in [0.1, 0.15) is 5.56 Å². The van der Waals surface area contributed by atoms with Crippen LogP contribution in [0.5, 0.6) is 0 Å². The lowest BCUT2D eigenvalue weighted by molar-refractivity contribution is 0.0253. The van der Waals surface area contributed by atoms with Crippen molar-refractivity contribution in [2.24, 2.45) is 7.05 Å². The van der Waals surface area contributed by atoms with E-state index in [2.05, 4.69) is 29.8 Å². The molecule has 25 heavy (non-hydrogen) atoms. The van der Waals surface area contributed by atoms with Gasteiger partial charge in [-0.2, -0.15) is 5.10 Å². The van der Waals surface area contributed by atoms with E-state index in [-0.39, 0.29) is 5.56 Å². The smallest absolute Gasteiger partial charge is 0.266 e. The van der Waals surface area contributed by atoms with Crippen molar-refractivity contribution in [3.8, 4) is 0 Å². The number of rotatable bonds is 4. The third-order valence-corrected chi connectivity index (χ3v) is 5.03. The summed E-state index contributed by atoms with van der Waals surface area (Å²) in [6.07, 6.45) is 5.38. The van der Waals surface area contributed by atoms with Crippen molar-refractivity contribution >= 4 is 5.95 Å². The molecule has 0 spiro atoms. The average Bonchev–Trinajstić information content (AvgIpc) is 2.62. The molecule has 8 heteroatoms. The van der Waals surface area contributed by atoms with E-state index in [0.29, 0.717) is 6.04 Å². The molecule has 0 amide bonds. The Hall–Kier alpha value is -2.32. The Labute approximate surface area is 146 Å². The molecule has 8 nitrogen and oxygen atoms in total. The molecule has 0 aromatic carbocycles. The lowest BCUT2D eigenvalue weighted by atomic mass is 10.1. The lowest BCUT2D eigenvalue weighted by Crippen LogP contribution is -2.62. The van der Waals surface area contributed by atoms with E-state index in [9.17, 15) is 4.79 Å². The average molecular weight is 341 g/mol. The Kier molecular flexibility index (Phi) is 4.46. The van der Waals surface area contributed by atoms with Crippen molar-refractivity contribution in [1.29, 1.82) is 0 Å². The van der Waals surface area contributed by atoms with Crippen LogP contribution < -0.4 is 10.5 Å². The minimum Gasteiger partial charge on any atom is -0.338 e. The van der Waals surface area contributed by atoms with E-state index in [0.717, 1.165) is 57.3 Å². The molecule has 0 N–H and O–H groups in total. The Balaban J connectivity index is 1.25. The first-order valence-corrected chi connectivity index (χ1v) is 8.69. The first-order chi connectivity index (χ1) is 12.2. The van der Waals surface area contributed by atoms with E-state index in [1.54, 1.807) is 31.7 Å². The van der Waals surface area contributed by atoms with Gasteiger partial charge in [0, 0.05) is 77.4 Å². The number of nitrogens with zero attached hydrogens (tertiary/aromatic N) is 7. The summed E-state index contributed by atoms with van der Waals surface area (Å²) in [5.41, 5.74) is 0.946. The van der Waals surface area contributed by atoms with Crippen molar-refractivity contribution in [2.75, 3.05) is 44.2 Å². The van der Waals surface area contributed by atoms with Crippen LogP contribution in [0.2, 0.25) is 0 Å².